The molecule has 142 valence electrons. The summed E-state index contributed by atoms with van der Waals surface area (Å²) >= 11 is 0. The Morgan fingerprint density at radius 3 is 2.62 bits per heavy atom. The van der Waals surface area contributed by atoms with Crippen molar-refractivity contribution >= 4 is 28.5 Å². The van der Waals surface area contributed by atoms with E-state index in [0.717, 1.165) is 16.7 Å². The number of nitrogens with zero attached hydrogens (tertiary/aromatic N) is 3. The highest BCUT2D eigenvalue weighted by Gasteiger charge is 2.30. The second-order valence-electron chi connectivity index (χ2n) is 7.89. The minimum atomic E-state index is -0.508. The summed E-state index contributed by atoms with van der Waals surface area (Å²) in [4.78, 5) is 30.8. The van der Waals surface area contributed by atoms with E-state index in [0.29, 0.717) is 25.3 Å². The van der Waals surface area contributed by atoms with Crippen LogP contribution in [-0.4, -0.2) is 51.8 Å². The molecule has 0 spiro atoms. The van der Waals surface area contributed by atoms with Crippen molar-refractivity contribution in [2.24, 2.45) is 7.05 Å². The van der Waals surface area contributed by atoms with Crippen LogP contribution >= 0.6 is 0 Å². The number of nitrogens with one attached hydrogen (secondary N) is 1. The van der Waals surface area contributed by atoms with Gasteiger partial charge in [-0.3, -0.25) is 4.57 Å². The molecule has 1 fully saturated rings. The lowest BCUT2D eigenvalue weighted by atomic mass is 10.1. The van der Waals surface area contributed by atoms with Gasteiger partial charge in [0.1, 0.15) is 5.60 Å². The van der Waals surface area contributed by atoms with Gasteiger partial charge < -0.3 is 25.3 Å². The Balaban J connectivity index is 1.83. The van der Waals surface area contributed by atoms with Crippen molar-refractivity contribution in [1.82, 2.24) is 14.5 Å². The third kappa shape index (κ3) is 3.36. The molecule has 26 heavy (non-hydrogen) atoms. The Labute approximate surface area is 152 Å². The molecule has 0 unspecified atom stereocenters. The maximum Gasteiger partial charge on any atom is 0.410 e. The molecule has 8 heteroatoms. The molecule has 1 aromatic carbocycles. The van der Waals surface area contributed by atoms with E-state index in [4.69, 9.17) is 10.5 Å². The van der Waals surface area contributed by atoms with Gasteiger partial charge in [-0.2, -0.15) is 0 Å². The molecule has 1 amide bonds. The fourth-order valence-corrected chi connectivity index (χ4v) is 3.34. The molecule has 3 rings (SSSR count). The molecule has 3 N–H and O–H groups in total. The van der Waals surface area contributed by atoms with Crippen LogP contribution in [0.5, 0.6) is 0 Å². The zero-order valence-electron chi connectivity index (χ0n) is 16.0. The smallest absolute Gasteiger partial charge is 0.410 e. The molecule has 1 atom stereocenters. The van der Waals surface area contributed by atoms with Crippen LogP contribution in [0.3, 0.4) is 0 Å². The summed E-state index contributed by atoms with van der Waals surface area (Å²) < 4.78 is 7.04. The van der Waals surface area contributed by atoms with Crippen LogP contribution in [0.25, 0.3) is 11.0 Å². The fourth-order valence-electron chi connectivity index (χ4n) is 3.34. The number of H-pyrrole nitrogens is 1. The van der Waals surface area contributed by atoms with Crippen molar-refractivity contribution in [2.75, 3.05) is 30.3 Å². The number of aromatic amines is 1. The van der Waals surface area contributed by atoms with E-state index < -0.39 is 5.60 Å². The average molecular weight is 361 g/mol. The first-order valence-electron chi connectivity index (χ1n) is 8.79. The van der Waals surface area contributed by atoms with Crippen molar-refractivity contribution in [3.05, 3.63) is 22.6 Å². The second kappa shape index (κ2) is 6.26. The molecule has 1 saturated heterocycles. The van der Waals surface area contributed by atoms with Gasteiger partial charge in [-0.1, -0.05) is 0 Å². The monoisotopic (exact) mass is 361 g/mol. The van der Waals surface area contributed by atoms with Crippen LogP contribution in [0, 0.1) is 0 Å². The number of benzene rings is 1. The Hall–Kier alpha value is -2.64. The van der Waals surface area contributed by atoms with Crippen LogP contribution in [0.4, 0.5) is 16.2 Å². The number of carbonyl (C=O) groups is 1. The summed E-state index contributed by atoms with van der Waals surface area (Å²) in [6, 6.07) is 3.80. The van der Waals surface area contributed by atoms with Gasteiger partial charge in [0, 0.05) is 32.7 Å². The molecular weight excluding hydrogens is 334 g/mol. The van der Waals surface area contributed by atoms with E-state index in [-0.39, 0.29) is 17.8 Å². The first kappa shape index (κ1) is 18.2. The van der Waals surface area contributed by atoms with Gasteiger partial charge >= 0.3 is 11.8 Å². The molecule has 2 heterocycles. The van der Waals surface area contributed by atoms with Crippen molar-refractivity contribution in [3.8, 4) is 0 Å². The normalized spacial score (nSPS) is 18.4. The Kier molecular flexibility index (Phi) is 4.37. The number of fused-ring (bicyclic) bond motifs is 1. The summed E-state index contributed by atoms with van der Waals surface area (Å²) in [5.74, 6) is 0. The van der Waals surface area contributed by atoms with Crippen molar-refractivity contribution in [3.63, 3.8) is 0 Å². The number of nitrogens with two attached hydrogens (primary N) is 1. The van der Waals surface area contributed by atoms with Gasteiger partial charge in [0.15, 0.2) is 0 Å². The molecule has 0 saturated carbocycles. The van der Waals surface area contributed by atoms with Crippen molar-refractivity contribution < 1.29 is 9.53 Å². The fraction of sp³-hybridized carbons (Fsp3) is 0.556. The first-order valence-corrected chi connectivity index (χ1v) is 8.79. The molecule has 0 bridgehead atoms. The van der Waals surface area contributed by atoms with E-state index in [1.54, 1.807) is 22.6 Å². The lowest BCUT2D eigenvalue weighted by molar-refractivity contribution is 0.0219. The summed E-state index contributed by atoms with van der Waals surface area (Å²) in [6.07, 6.45) is -0.291. The highest BCUT2D eigenvalue weighted by Crippen LogP contribution is 2.31. The Bertz CT molecular complexity index is 893. The highest BCUT2D eigenvalue weighted by molar-refractivity contribution is 5.87. The zero-order valence-corrected chi connectivity index (χ0v) is 16.0. The SMILES string of the molecule is C[C@@H]1CN(C(=O)OC(C)(C)C)CCN1c1cc2c(cc1N)[nH]c(=O)n2C. The number of hydrogen-bond acceptors (Lipinski definition) is 5. The molecule has 2 aromatic rings. The lowest BCUT2D eigenvalue weighted by Crippen LogP contribution is -2.54. The van der Waals surface area contributed by atoms with Gasteiger partial charge in [0.2, 0.25) is 0 Å². The topological polar surface area (TPSA) is 96.6 Å². The average Bonchev–Trinajstić information content (AvgIpc) is 2.79. The number of anilines is 2. The predicted molar refractivity (Wildman–Crippen MR) is 103 cm³/mol. The number of rotatable bonds is 1. The summed E-state index contributed by atoms with van der Waals surface area (Å²) in [6.45, 7) is 9.40. The number of aryl methyl sites for hydroxylation is 1. The number of aromatic nitrogens is 2. The van der Waals surface area contributed by atoms with Crippen molar-refractivity contribution in [1.29, 1.82) is 0 Å². The van der Waals surface area contributed by atoms with E-state index >= 15 is 0 Å². The summed E-state index contributed by atoms with van der Waals surface area (Å²) in [5.41, 5.74) is 8.58. The number of hydrogen-bond donors (Lipinski definition) is 2. The number of imidazole rings is 1. The molecule has 1 aliphatic rings. The van der Waals surface area contributed by atoms with Crippen LogP contribution in [0.15, 0.2) is 16.9 Å². The first-order chi connectivity index (χ1) is 12.1. The zero-order chi connectivity index (χ0) is 19.2. The van der Waals surface area contributed by atoms with Gasteiger partial charge in [-0.25, -0.2) is 9.59 Å². The molecule has 8 nitrogen and oxygen atoms in total. The molecule has 1 aromatic heterocycles. The summed E-state index contributed by atoms with van der Waals surface area (Å²) in [7, 11) is 1.73. The van der Waals surface area contributed by atoms with Crippen molar-refractivity contribution in [2.45, 2.75) is 39.3 Å². The van der Waals surface area contributed by atoms with Gasteiger partial charge in [0.25, 0.3) is 0 Å². The maximum absolute atomic E-state index is 12.3. The number of amides is 1. The minimum absolute atomic E-state index is 0.0759. The van der Waals surface area contributed by atoms with Gasteiger partial charge in [-0.15, -0.1) is 0 Å². The molecule has 1 aliphatic heterocycles. The van der Waals surface area contributed by atoms with Crippen LogP contribution in [0.1, 0.15) is 27.7 Å². The predicted octanol–water partition coefficient (Wildman–Crippen LogP) is 1.89. The standard InChI is InChI=1S/C18H27N5O3/c1-11-10-22(17(25)26-18(2,3)4)6-7-23(11)14-9-15-13(8-12(14)19)20-16(24)21(15)5/h8-9,11H,6-7,10,19H2,1-5H3,(H,20,24)/t11-/m1/s1. The van der Waals surface area contributed by atoms with Crippen LogP contribution in [-0.2, 0) is 11.8 Å². The highest BCUT2D eigenvalue weighted by atomic mass is 16.6. The third-order valence-electron chi connectivity index (χ3n) is 4.64. The quantitative estimate of drug-likeness (QED) is 0.756. The van der Waals surface area contributed by atoms with E-state index in [2.05, 4.69) is 16.8 Å². The Morgan fingerprint density at radius 1 is 1.31 bits per heavy atom. The van der Waals surface area contributed by atoms with Crippen LogP contribution in [0.2, 0.25) is 0 Å². The number of piperazine rings is 1. The van der Waals surface area contributed by atoms with E-state index in [1.165, 1.54) is 0 Å². The third-order valence-corrected chi connectivity index (χ3v) is 4.64. The number of nitrogen functional groups attached to an aromatic ring is 1. The molecular formula is C18H27N5O3. The van der Waals surface area contributed by atoms with Gasteiger partial charge in [-0.05, 0) is 39.8 Å². The molecule has 0 aliphatic carbocycles. The van der Waals surface area contributed by atoms with Gasteiger partial charge in [0.05, 0.1) is 22.4 Å². The minimum Gasteiger partial charge on any atom is -0.444 e. The maximum atomic E-state index is 12.3. The largest absolute Gasteiger partial charge is 0.444 e. The number of carbonyl (C=O) groups excluding carboxylic acids is 1. The summed E-state index contributed by atoms with van der Waals surface area (Å²) in [5, 5.41) is 0. The Morgan fingerprint density at radius 2 is 2.00 bits per heavy atom. The van der Waals surface area contributed by atoms with E-state index in [1.807, 2.05) is 26.8 Å². The second-order valence-corrected chi connectivity index (χ2v) is 7.89. The van der Waals surface area contributed by atoms with E-state index in [9.17, 15) is 9.59 Å². The molecule has 0 radical (unpaired) electrons. The van der Waals surface area contributed by atoms with Crippen LogP contribution < -0.4 is 16.3 Å². The number of ether oxygens (including phenoxy) is 1. The lowest BCUT2D eigenvalue weighted by Gasteiger charge is -2.41.